The van der Waals surface area contributed by atoms with E-state index >= 15 is 0 Å². The van der Waals surface area contributed by atoms with Crippen LogP contribution in [0.15, 0.2) is 4.73 Å². The maximum Gasteiger partial charge on any atom is 0.492 e. The minimum Gasteiger partial charge on any atom is -0.477 e. The summed E-state index contributed by atoms with van der Waals surface area (Å²) in [6.07, 6.45) is 0. The number of nitrogens with zero attached hydrogens (tertiary/aromatic N) is 6. The number of aryl methyl sites for hydroxylation is 2. The Kier molecular flexibility index (Phi) is 3.06. The molecule has 10 nitrogen and oxygen atoms in total. The van der Waals surface area contributed by atoms with Gasteiger partial charge in [-0.1, -0.05) is 0 Å². The van der Waals surface area contributed by atoms with E-state index in [0.29, 0.717) is 0 Å². The monoisotopic (exact) mass is 330 g/mol. The fourth-order valence-electron chi connectivity index (χ4n) is 1.63. The van der Waals surface area contributed by atoms with Crippen molar-refractivity contribution in [2.45, 2.75) is 6.92 Å². The third kappa shape index (κ3) is 2.07. The molecule has 0 radical (unpaired) electrons. The Bertz CT molecular complexity index is 690. The second kappa shape index (κ2) is 4.42. The van der Waals surface area contributed by atoms with Gasteiger partial charge in [0, 0.05) is 28.1 Å². The van der Waals surface area contributed by atoms with E-state index in [9.17, 15) is 14.9 Å². The molecule has 0 aliphatic carbocycles. The molecule has 0 amide bonds. The van der Waals surface area contributed by atoms with Gasteiger partial charge in [-0.05, 0) is 16.8 Å². The van der Waals surface area contributed by atoms with Crippen LogP contribution in [0.5, 0.6) is 0 Å². The fraction of sp³-hybridized carbons (Fsp3) is 0.250. The molecule has 0 atom stereocenters. The van der Waals surface area contributed by atoms with E-state index in [4.69, 9.17) is 5.11 Å². The van der Waals surface area contributed by atoms with Crippen LogP contribution >= 0.6 is 15.9 Å². The summed E-state index contributed by atoms with van der Waals surface area (Å²) in [6, 6.07) is 0. The van der Waals surface area contributed by atoms with Crippen LogP contribution in [0, 0.1) is 17.0 Å². The number of hydrogen-bond donors (Lipinski definition) is 1. The second-order valence-electron chi connectivity index (χ2n) is 3.56. The van der Waals surface area contributed by atoms with Gasteiger partial charge in [0.15, 0.2) is 5.82 Å². The van der Waals surface area contributed by atoms with E-state index < -0.39 is 16.8 Å². The van der Waals surface area contributed by atoms with Crippen LogP contribution in [-0.2, 0) is 7.05 Å². The number of aromatic nitrogens is 5. The van der Waals surface area contributed by atoms with Crippen LogP contribution in [-0.4, -0.2) is 40.5 Å². The van der Waals surface area contributed by atoms with Crippen molar-refractivity contribution in [2.24, 2.45) is 7.05 Å². The van der Waals surface area contributed by atoms with Crippen LogP contribution in [0.25, 0.3) is 5.82 Å². The summed E-state index contributed by atoms with van der Waals surface area (Å²) in [5.41, 5.74) is 0.179. The lowest BCUT2D eigenvalue weighted by atomic mass is 10.2. The summed E-state index contributed by atoms with van der Waals surface area (Å²) in [7, 11) is 1.51. The topological polar surface area (TPSA) is 129 Å². The van der Waals surface area contributed by atoms with Gasteiger partial charge in [-0.2, -0.15) is 5.10 Å². The summed E-state index contributed by atoms with van der Waals surface area (Å²) in [5, 5.41) is 27.4. The molecule has 0 spiro atoms. The Hall–Kier alpha value is -2.30. The third-order valence-electron chi connectivity index (χ3n) is 2.33. The summed E-state index contributed by atoms with van der Waals surface area (Å²) >= 11 is 3.00. The number of aromatic carboxylic acids is 1. The molecule has 11 heteroatoms. The molecule has 0 unspecified atom stereocenters. The van der Waals surface area contributed by atoms with E-state index in [1.807, 2.05) is 0 Å². The molecule has 2 heterocycles. The molecule has 1 N–H and O–H groups in total. The van der Waals surface area contributed by atoms with Gasteiger partial charge in [0.05, 0.1) is 5.69 Å². The summed E-state index contributed by atoms with van der Waals surface area (Å²) in [6.45, 7) is 1.52. The molecule has 2 rings (SSSR count). The van der Waals surface area contributed by atoms with Crippen molar-refractivity contribution in [1.29, 1.82) is 0 Å². The largest absolute Gasteiger partial charge is 0.492 e. The van der Waals surface area contributed by atoms with E-state index in [-0.39, 0.29) is 21.8 Å². The van der Waals surface area contributed by atoms with Crippen molar-refractivity contribution in [1.82, 2.24) is 24.5 Å². The average Bonchev–Trinajstić information content (AvgIpc) is 2.78. The van der Waals surface area contributed by atoms with Gasteiger partial charge in [-0.3, -0.25) is 0 Å². The van der Waals surface area contributed by atoms with Gasteiger partial charge in [0.2, 0.25) is 0 Å². The minimum absolute atomic E-state index is 0.0182. The van der Waals surface area contributed by atoms with Crippen molar-refractivity contribution in [3.8, 4) is 5.82 Å². The third-order valence-corrected chi connectivity index (χ3v) is 2.84. The maximum atomic E-state index is 11.2. The zero-order valence-electron chi connectivity index (χ0n) is 9.73. The second-order valence-corrected chi connectivity index (χ2v) is 4.27. The Labute approximate surface area is 113 Å². The molecule has 100 valence electrons. The standard InChI is InChI=1S/C8H7BrN6O4/c1-3-4(6(16)17)5(13(2)11-3)14-7(9)10-8(12-14)15(18)19/h1-2H3,(H,16,17). The predicted octanol–water partition coefficient (Wildman–Crippen LogP) is 0.678. The molecule has 0 saturated heterocycles. The summed E-state index contributed by atoms with van der Waals surface area (Å²) in [5.74, 6) is -1.76. The highest BCUT2D eigenvalue weighted by atomic mass is 79.9. The van der Waals surface area contributed by atoms with Crippen LogP contribution in [0.3, 0.4) is 0 Å². The van der Waals surface area contributed by atoms with E-state index in [2.05, 4.69) is 31.1 Å². The molecular formula is C8H7BrN6O4. The molecule has 0 aliphatic heterocycles. The predicted molar refractivity (Wildman–Crippen MR) is 64.2 cm³/mol. The lowest BCUT2D eigenvalue weighted by Crippen LogP contribution is -2.10. The minimum atomic E-state index is -1.20. The lowest BCUT2D eigenvalue weighted by Gasteiger charge is -2.00. The molecule has 0 aromatic carbocycles. The van der Waals surface area contributed by atoms with Crippen LogP contribution in [0.2, 0.25) is 0 Å². The average molecular weight is 331 g/mol. The highest BCUT2D eigenvalue weighted by molar-refractivity contribution is 9.10. The molecule has 2 aromatic heterocycles. The first-order valence-electron chi connectivity index (χ1n) is 4.87. The van der Waals surface area contributed by atoms with Crippen molar-refractivity contribution < 1.29 is 14.8 Å². The molecule has 0 aliphatic rings. The zero-order chi connectivity index (χ0) is 14.3. The number of carboxylic acids is 1. The highest BCUT2D eigenvalue weighted by Crippen LogP contribution is 2.22. The number of carbonyl (C=O) groups is 1. The van der Waals surface area contributed by atoms with Crippen molar-refractivity contribution >= 4 is 27.8 Å². The summed E-state index contributed by atoms with van der Waals surface area (Å²) in [4.78, 5) is 24.6. The first-order valence-corrected chi connectivity index (χ1v) is 5.66. The Morgan fingerprint density at radius 1 is 1.47 bits per heavy atom. The zero-order valence-corrected chi connectivity index (χ0v) is 11.3. The molecule has 19 heavy (non-hydrogen) atoms. The number of hydrogen-bond acceptors (Lipinski definition) is 6. The number of halogens is 1. The van der Waals surface area contributed by atoms with E-state index in [0.717, 1.165) is 4.68 Å². The molecule has 2 aromatic rings. The van der Waals surface area contributed by atoms with Gasteiger partial charge < -0.3 is 15.2 Å². The number of carboxylic acid groups (broad SMARTS) is 1. The van der Waals surface area contributed by atoms with Crippen LogP contribution in [0.4, 0.5) is 5.95 Å². The van der Waals surface area contributed by atoms with E-state index in [1.165, 1.54) is 18.7 Å². The highest BCUT2D eigenvalue weighted by Gasteiger charge is 2.29. The molecular weight excluding hydrogens is 324 g/mol. The number of nitro groups is 1. The quantitative estimate of drug-likeness (QED) is 0.646. The Morgan fingerprint density at radius 2 is 2.11 bits per heavy atom. The van der Waals surface area contributed by atoms with Crippen molar-refractivity contribution in [3.63, 3.8) is 0 Å². The van der Waals surface area contributed by atoms with Gasteiger partial charge in [-0.25, -0.2) is 9.48 Å². The Balaban J connectivity index is 2.72. The summed E-state index contributed by atoms with van der Waals surface area (Å²) < 4.78 is 2.30. The normalized spacial score (nSPS) is 10.7. The van der Waals surface area contributed by atoms with Crippen molar-refractivity contribution in [3.05, 3.63) is 26.1 Å². The van der Waals surface area contributed by atoms with E-state index in [1.54, 1.807) is 0 Å². The van der Waals surface area contributed by atoms with Crippen molar-refractivity contribution in [2.75, 3.05) is 0 Å². The molecule has 0 saturated carbocycles. The van der Waals surface area contributed by atoms with Gasteiger partial charge in [0.25, 0.3) is 4.73 Å². The SMILES string of the molecule is Cc1nn(C)c(-n2nc([N+](=O)[O-])nc2Br)c1C(=O)O. The van der Waals surface area contributed by atoms with Gasteiger partial charge in [0.1, 0.15) is 5.56 Å². The van der Waals surface area contributed by atoms with Gasteiger partial charge in [-0.15, -0.1) is 4.68 Å². The lowest BCUT2D eigenvalue weighted by molar-refractivity contribution is -0.394. The Morgan fingerprint density at radius 3 is 2.58 bits per heavy atom. The fourth-order valence-corrected chi connectivity index (χ4v) is 2.04. The first kappa shape index (κ1) is 13.1. The van der Waals surface area contributed by atoms with Crippen LogP contribution < -0.4 is 0 Å². The maximum absolute atomic E-state index is 11.2. The molecule has 0 fully saturated rings. The first-order chi connectivity index (χ1) is 8.82. The number of rotatable bonds is 3. The van der Waals surface area contributed by atoms with Crippen LogP contribution in [0.1, 0.15) is 16.1 Å². The smallest absolute Gasteiger partial charge is 0.477 e. The van der Waals surface area contributed by atoms with Gasteiger partial charge >= 0.3 is 11.9 Å². The molecule has 0 bridgehead atoms.